The van der Waals surface area contributed by atoms with Crippen LogP contribution >= 0.6 is 0 Å². The van der Waals surface area contributed by atoms with Gasteiger partial charge in [-0.15, -0.1) is 0 Å². The van der Waals surface area contributed by atoms with E-state index in [9.17, 15) is 0 Å². The molecule has 0 unspecified atom stereocenters. The van der Waals surface area contributed by atoms with E-state index in [0.29, 0.717) is 0 Å². The van der Waals surface area contributed by atoms with Crippen LogP contribution in [0.25, 0.3) is 0 Å². The third-order valence-corrected chi connectivity index (χ3v) is 2.08. The number of para-hydroxylation sites is 1. The number of nitrogens with zero attached hydrogens (tertiary/aromatic N) is 1. The van der Waals surface area contributed by atoms with E-state index in [4.69, 9.17) is 10.6 Å². The normalized spacial score (nSPS) is 10.5. The van der Waals surface area contributed by atoms with Crippen LogP contribution in [0.15, 0.2) is 59.7 Å². The van der Waals surface area contributed by atoms with Crippen LogP contribution in [0.1, 0.15) is 5.56 Å². The highest BCUT2D eigenvalue weighted by Gasteiger charge is 1.95. The highest BCUT2D eigenvalue weighted by atomic mass is 16.5. The zero-order valence-corrected chi connectivity index (χ0v) is 8.71. The number of hydrazone groups is 1. The number of hydrogen-bond acceptors (Lipinski definition) is 3. The van der Waals surface area contributed by atoms with Crippen molar-refractivity contribution in [1.29, 1.82) is 0 Å². The second-order valence-corrected chi connectivity index (χ2v) is 3.26. The zero-order chi connectivity index (χ0) is 11.2. The Bertz CT molecular complexity index is 463. The lowest BCUT2D eigenvalue weighted by molar-refractivity contribution is 0.482. The molecule has 0 atom stereocenters. The highest BCUT2D eigenvalue weighted by Crippen LogP contribution is 2.20. The van der Waals surface area contributed by atoms with E-state index < -0.39 is 0 Å². The van der Waals surface area contributed by atoms with E-state index in [2.05, 4.69) is 5.10 Å². The molecule has 3 nitrogen and oxygen atoms in total. The van der Waals surface area contributed by atoms with Crippen molar-refractivity contribution in [3.05, 3.63) is 60.2 Å². The summed E-state index contributed by atoms with van der Waals surface area (Å²) >= 11 is 0. The molecule has 0 saturated heterocycles. The third kappa shape index (κ3) is 2.60. The topological polar surface area (TPSA) is 47.6 Å². The summed E-state index contributed by atoms with van der Waals surface area (Å²) in [5.41, 5.74) is 0.947. The average molecular weight is 212 g/mol. The summed E-state index contributed by atoms with van der Waals surface area (Å²) in [6.07, 6.45) is 1.59. The standard InChI is InChI=1S/C13H12N2O/c14-15-10-11-6-8-13(9-7-11)16-12-4-2-1-3-5-12/h1-10H,14H2. The van der Waals surface area contributed by atoms with Crippen molar-refractivity contribution in [3.8, 4) is 11.5 Å². The van der Waals surface area contributed by atoms with Gasteiger partial charge in [0.25, 0.3) is 0 Å². The van der Waals surface area contributed by atoms with Crippen LogP contribution < -0.4 is 10.6 Å². The maximum absolute atomic E-state index is 5.64. The van der Waals surface area contributed by atoms with Gasteiger partial charge in [0.1, 0.15) is 11.5 Å². The zero-order valence-electron chi connectivity index (χ0n) is 8.71. The molecule has 0 saturated carbocycles. The van der Waals surface area contributed by atoms with Crippen molar-refractivity contribution in [2.45, 2.75) is 0 Å². The van der Waals surface area contributed by atoms with Crippen molar-refractivity contribution in [2.24, 2.45) is 10.9 Å². The van der Waals surface area contributed by atoms with E-state index in [0.717, 1.165) is 17.1 Å². The Morgan fingerprint density at radius 3 is 2.12 bits per heavy atom. The molecular formula is C13H12N2O. The molecule has 3 heteroatoms. The van der Waals surface area contributed by atoms with E-state index >= 15 is 0 Å². The Morgan fingerprint density at radius 1 is 0.875 bits per heavy atom. The van der Waals surface area contributed by atoms with Crippen LogP contribution in [0.4, 0.5) is 0 Å². The first-order valence-electron chi connectivity index (χ1n) is 4.95. The van der Waals surface area contributed by atoms with Crippen molar-refractivity contribution in [2.75, 3.05) is 0 Å². The second kappa shape index (κ2) is 4.98. The van der Waals surface area contributed by atoms with Gasteiger partial charge in [-0.05, 0) is 42.0 Å². The van der Waals surface area contributed by atoms with Gasteiger partial charge in [-0.3, -0.25) is 0 Å². The molecule has 0 bridgehead atoms. The van der Waals surface area contributed by atoms with Crippen LogP contribution in [0.2, 0.25) is 0 Å². The van der Waals surface area contributed by atoms with Gasteiger partial charge < -0.3 is 10.6 Å². The molecule has 2 N–H and O–H groups in total. The number of nitrogens with two attached hydrogens (primary N) is 1. The molecule has 0 aromatic heterocycles. The van der Waals surface area contributed by atoms with Crippen LogP contribution in [-0.4, -0.2) is 6.21 Å². The molecule has 0 radical (unpaired) electrons. The maximum Gasteiger partial charge on any atom is 0.127 e. The van der Waals surface area contributed by atoms with Gasteiger partial charge in [0, 0.05) is 0 Å². The Kier molecular flexibility index (Phi) is 3.18. The molecule has 0 heterocycles. The average Bonchev–Trinajstić information content (AvgIpc) is 2.33. The third-order valence-electron chi connectivity index (χ3n) is 2.08. The first-order chi connectivity index (χ1) is 7.88. The summed E-state index contributed by atoms with van der Waals surface area (Å²) in [6, 6.07) is 17.2. The fourth-order valence-corrected chi connectivity index (χ4v) is 1.33. The lowest BCUT2D eigenvalue weighted by Crippen LogP contribution is -1.87. The Hall–Kier alpha value is -2.29. The maximum atomic E-state index is 5.64. The van der Waals surface area contributed by atoms with E-state index in [1.165, 1.54) is 0 Å². The monoisotopic (exact) mass is 212 g/mol. The van der Waals surface area contributed by atoms with Gasteiger partial charge in [0.15, 0.2) is 0 Å². The molecule has 16 heavy (non-hydrogen) atoms. The van der Waals surface area contributed by atoms with Gasteiger partial charge in [-0.25, -0.2) is 0 Å². The van der Waals surface area contributed by atoms with Crippen LogP contribution in [0.5, 0.6) is 11.5 Å². The summed E-state index contributed by atoms with van der Waals surface area (Å²) in [5, 5.41) is 3.45. The lowest BCUT2D eigenvalue weighted by Gasteiger charge is -2.04. The summed E-state index contributed by atoms with van der Waals surface area (Å²) in [4.78, 5) is 0. The first-order valence-corrected chi connectivity index (χ1v) is 4.95. The molecular weight excluding hydrogens is 200 g/mol. The summed E-state index contributed by atoms with van der Waals surface area (Å²) in [7, 11) is 0. The molecule has 0 fully saturated rings. The van der Waals surface area contributed by atoms with Crippen LogP contribution in [0, 0.1) is 0 Å². The quantitative estimate of drug-likeness (QED) is 0.483. The van der Waals surface area contributed by atoms with Crippen molar-refractivity contribution < 1.29 is 4.74 Å². The minimum Gasteiger partial charge on any atom is -0.457 e. The smallest absolute Gasteiger partial charge is 0.127 e. The number of benzene rings is 2. The first kappa shape index (κ1) is 10.2. The largest absolute Gasteiger partial charge is 0.457 e. The summed E-state index contributed by atoms with van der Waals surface area (Å²) in [5.74, 6) is 6.67. The predicted molar refractivity (Wildman–Crippen MR) is 64.7 cm³/mol. The minimum atomic E-state index is 0.792. The van der Waals surface area contributed by atoms with Gasteiger partial charge in [-0.1, -0.05) is 18.2 Å². The van der Waals surface area contributed by atoms with Gasteiger partial charge >= 0.3 is 0 Å². The molecule has 0 amide bonds. The second-order valence-electron chi connectivity index (χ2n) is 3.26. The van der Waals surface area contributed by atoms with Gasteiger partial charge in [0.2, 0.25) is 0 Å². The molecule has 2 aromatic carbocycles. The Labute approximate surface area is 94.2 Å². The van der Waals surface area contributed by atoms with Crippen molar-refractivity contribution in [3.63, 3.8) is 0 Å². The van der Waals surface area contributed by atoms with Crippen molar-refractivity contribution in [1.82, 2.24) is 0 Å². The lowest BCUT2D eigenvalue weighted by atomic mass is 10.2. The molecule has 2 rings (SSSR count). The van der Waals surface area contributed by atoms with Crippen LogP contribution in [-0.2, 0) is 0 Å². The SMILES string of the molecule is NN=Cc1ccc(Oc2ccccc2)cc1. The van der Waals surface area contributed by atoms with Gasteiger partial charge in [0.05, 0.1) is 6.21 Å². The van der Waals surface area contributed by atoms with Crippen molar-refractivity contribution >= 4 is 6.21 Å². The molecule has 80 valence electrons. The fourth-order valence-electron chi connectivity index (χ4n) is 1.33. The highest BCUT2D eigenvalue weighted by molar-refractivity contribution is 5.79. The summed E-state index contributed by atoms with van der Waals surface area (Å²) < 4.78 is 5.64. The summed E-state index contributed by atoms with van der Waals surface area (Å²) in [6.45, 7) is 0. The molecule has 0 aliphatic carbocycles. The number of hydrogen-bond donors (Lipinski definition) is 1. The molecule has 0 aliphatic rings. The fraction of sp³-hybridized carbons (Fsp3) is 0. The Morgan fingerprint density at radius 2 is 1.50 bits per heavy atom. The number of ether oxygens (including phenoxy) is 1. The molecule has 0 spiro atoms. The minimum absolute atomic E-state index is 0.792. The van der Waals surface area contributed by atoms with E-state index in [1.54, 1.807) is 6.21 Å². The molecule has 2 aromatic rings. The Balaban J connectivity index is 2.11. The van der Waals surface area contributed by atoms with E-state index in [-0.39, 0.29) is 0 Å². The molecule has 0 aliphatic heterocycles. The van der Waals surface area contributed by atoms with E-state index in [1.807, 2.05) is 54.6 Å². The van der Waals surface area contributed by atoms with Gasteiger partial charge in [-0.2, -0.15) is 5.10 Å². The van der Waals surface area contributed by atoms with Crippen LogP contribution in [0.3, 0.4) is 0 Å². The number of rotatable bonds is 3. The predicted octanol–water partition coefficient (Wildman–Crippen LogP) is 2.77.